The van der Waals surface area contributed by atoms with Gasteiger partial charge in [0.15, 0.2) is 0 Å². The van der Waals surface area contributed by atoms with Gasteiger partial charge in [-0.25, -0.2) is 0 Å². The van der Waals surface area contributed by atoms with E-state index in [1.54, 1.807) is 0 Å². The van der Waals surface area contributed by atoms with Crippen LogP contribution in [0, 0.1) is 5.92 Å². The highest BCUT2D eigenvalue weighted by Crippen LogP contribution is 2.16. The Kier molecular flexibility index (Phi) is 4.22. The summed E-state index contributed by atoms with van der Waals surface area (Å²) in [6.07, 6.45) is 1.36. The van der Waals surface area contributed by atoms with Crippen molar-refractivity contribution in [2.24, 2.45) is 5.92 Å². The van der Waals surface area contributed by atoms with E-state index >= 15 is 0 Å². The predicted molar refractivity (Wildman–Crippen MR) is 68.7 cm³/mol. The molecule has 0 aromatic heterocycles. The topological polar surface area (TPSA) is 18.5 Å². The highest BCUT2D eigenvalue weighted by molar-refractivity contribution is 4.85. The second-order valence-electron chi connectivity index (χ2n) is 5.76. The van der Waals surface area contributed by atoms with E-state index < -0.39 is 0 Å². The molecule has 2 saturated heterocycles. The Morgan fingerprint density at radius 2 is 1.88 bits per heavy atom. The highest BCUT2D eigenvalue weighted by atomic mass is 15.3. The minimum absolute atomic E-state index is 0.714. The van der Waals surface area contributed by atoms with Crippen molar-refractivity contribution in [3.63, 3.8) is 0 Å². The van der Waals surface area contributed by atoms with E-state index in [2.05, 4.69) is 35.9 Å². The average Bonchev–Trinajstić information content (AvgIpc) is 2.65. The van der Waals surface area contributed by atoms with Gasteiger partial charge >= 0.3 is 0 Å². The Labute approximate surface area is 100 Å². The molecule has 2 fully saturated rings. The molecule has 0 aromatic rings. The molecular formula is C13H27N3. The number of piperazine rings is 1. The predicted octanol–water partition coefficient (Wildman–Crippen LogP) is 1.01. The Morgan fingerprint density at radius 3 is 2.38 bits per heavy atom. The SMILES string of the molecule is CC1CCNC1CN1CCN(C(C)C)CC1. The van der Waals surface area contributed by atoms with Gasteiger partial charge in [0, 0.05) is 44.8 Å². The fourth-order valence-electron chi connectivity index (χ4n) is 2.88. The maximum atomic E-state index is 3.63. The van der Waals surface area contributed by atoms with Crippen LogP contribution in [-0.4, -0.2) is 61.2 Å². The van der Waals surface area contributed by atoms with Gasteiger partial charge in [0.05, 0.1) is 0 Å². The fraction of sp³-hybridized carbons (Fsp3) is 1.00. The molecule has 2 unspecified atom stereocenters. The minimum atomic E-state index is 0.714. The molecule has 0 radical (unpaired) electrons. The second kappa shape index (κ2) is 5.48. The lowest BCUT2D eigenvalue weighted by atomic mass is 10.0. The molecule has 0 saturated carbocycles. The van der Waals surface area contributed by atoms with Crippen LogP contribution in [0.5, 0.6) is 0 Å². The molecular weight excluding hydrogens is 198 g/mol. The summed E-state index contributed by atoms with van der Waals surface area (Å²) >= 11 is 0. The monoisotopic (exact) mass is 225 g/mol. The van der Waals surface area contributed by atoms with Gasteiger partial charge < -0.3 is 5.32 Å². The van der Waals surface area contributed by atoms with E-state index in [1.165, 1.54) is 45.7 Å². The number of hydrogen-bond donors (Lipinski definition) is 1. The fourth-order valence-corrected chi connectivity index (χ4v) is 2.88. The molecule has 2 aliphatic heterocycles. The van der Waals surface area contributed by atoms with Crippen LogP contribution in [0.3, 0.4) is 0 Å². The number of nitrogens with zero attached hydrogens (tertiary/aromatic N) is 2. The first kappa shape index (κ1) is 12.3. The van der Waals surface area contributed by atoms with Crippen LogP contribution in [0.1, 0.15) is 27.2 Å². The number of nitrogens with one attached hydrogen (secondary N) is 1. The molecule has 2 rings (SSSR count). The summed E-state index contributed by atoms with van der Waals surface area (Å²) in [5.74, 6) is 0.864. The quantitative estimate of drug-likeness (QED) is 0.773. The van der Waals surface area contributed by atoms with Crippen molar-refractivity contribution in [1.29, 1.82) is 0 Å². The van der Waals surface area contributed by atoms with Gasteiger partial charge in [-0.3, -0.25) is 9.80 Å². The van der Waals surface area contributed by atoms with Crippen molar-refractivity contribution in [2.75, 3.05) is 39.3 Å². The van der Waals surface area contributed by atoms with E-state index in [-0.39, 0.29) is 0 Å². The van der Waals surface area contributed by atoms with E-state index in [0.29, 0.717) is 6.04 Å². The number of rotatable bonds is 3. The Morgan fingerprint density at radius 1 is 1.19 bits per heavy atom. The summed E-state index contributed by atoms with van der Waals surface area (Å²) in [5.41, 5.74) is 0. The standard InChI is InChI=1S/C13H27N3/c1-11(2)16-8-6-15(7-9-16)10-13-12(3)4-5-14-13/h11-14H,4-10H2,1-3H3. The van der Waals surface area contributed by atoms with Crippen molar-refractivity contribution in [3.8, 4) is 0 Å². The van der Waals surface area contributed by atoms with Gasteiger partial charge in [0.1, 0.15) is 0 Å². The molecule has 2 atom stereocenters. The summed E-state index contributed by atoms with van der Waals surface area (Å²) < 4.78 is 0. The molecule has 1 N–H and O–H groups in total. The second-order valence-corrected chi connectivity index (χ2v) is 5.76. The van der Waals surface area contributed by atoms with E-state index in [1.807, 2.05) is 0 Å². The molecule has 16 heavy (non-hydrogen) atoms. The Hall–Kier alpha value is -0.120. The van der Waals surface area contributed by atoms with Gasteiger partial charge in [-0.15, -0.1) is 0 Å². The van der Waals surface area contributed by atoms with Crippen LogP contribution in [0.25, 0.3) is 0 Å². The highest BCUT2D eigenvalue weighted by Gasteiger charge is 2.26. The molecule has 3 heteroatoms. The molecule has 3 nitrogen and oxygen atoms in total. The summed E-state index contributed by atoms with van der Waals surface area (Å²) in [7, 11) is 0. The smallest absolute Gasteiger partial charge is 0.0221 e. The van der Waals surface area contributed by atoms with E-state index in [9.17, 15) is 0 Å². The lowest BCUT2D eigenvalue weighted by molar-refractivity contribution is 0.0994. The van der Waals surface area contributed by atoms with Gasteiger partial charge in [-0.05, 0) is 32.7 Å². The van der Waals surface area contributed by atoms with Gasteiger partial charge in [-0.2, -0.15) is 0 Å². The third kappa shape index (κ3) is 2.96. The van der Waals surface area contributed by atoms with Crippen molar-refractivity contribution in [1.82, 2.24) is 15.1 Å². The molecule has 0 aromatic carbocycles. The van der Waals surface area contributed by atoms with Crippen molar-refractivity contribution in [2.45, 2.75) is 39.3 Å². The summed E-state index contributed by atoms with van der Waals surface area (Å²) in [5, 5.41) is 3.63. The lowest BCUT2D eigenvalue weighted by Gasteiger charge is -2.38. The zero-order valence-electron chi connectivity index (χ0n) is 11.1. The summed E-state index contributed by atoms with van der Waals surface area (Å²) in [6.45, 7) is 14.5. The van der Waals surface area contributed by atoms with Crippen LogP contribution in [0.15, 0.2) is 0 Å². The Balaban J connectivity index is 1.72. The zero-order chi connectivity index (χ0) is 11.5. The maximum Gasteiger partial charge on any atom is 0.0221 e. The first-order chi connectivity index (χ1) is 7.66. The van der Waals surface area contributed by atoms with Gasteiger partial charge in [-0.1, -0.05) is 6.92 Å². The van der Waals surface area contributed by atoms with Crippen LogP contribution >= 0.6 is 0 Å². The third-order valence-corrected chi connectivity index (χ3v) is 4.29. The van der Waals surface area contributed by atoms with Crippen LogP contribution in [0.2, 0.25) is 0 Å². The lowest BCUT2D eigenvalue weighted by Crippen LogP contribution is -2.52. The first-order valence-corrected chi connectivity index (χ1v) is 6.86. The van der Waals surface area contributed by atoms with E-state index in [0.717, 1.165) is 12.0 Å². The zero-order valence-corrected chi connectivity index (χ0v) is 11.1. The molecule has 0 aliphatic carbocycles. The van der Waals surface area contributed by atoms with Gasteiger partial charge in [0.2, 0.25) is 0 Å². The van der Waals surface area contributed by atoms with Crippen molar-refractivity contribution < 1.29 is 0 Å². The molecule has 0 bridgehead atoms. The van der Waals surface area contributed by atoms with Crippen molar-refractivity contribution >= 4 is 0 Å². The maximum absolute atomic E-state index is 3.63. The molecule has 2 aliphatic rings. The Bertz CT molecular complexity index is 209. The third-order valence-electron chi connectivity index (χ3n) is 4.29. The largest absolute Gasteiger partial charge is 0.312 e. The molecule has 0 spiro atoms. The molecule has 94 valence electrons. The average molecular weight is 225 g/mol. The van der Waals surface area contributed by atoms with E-state index in [4.69, 9.17) is 0 Å². The summed E-state index contributed by atoms with van der Waals surface area (Å²) in [6, 6.07) is 1.45. The van der Waals surface area contributed by atoms with Crippen LogP contribution in [-0.2, 0) is 0 Å². The summed E-state index contributed by atoms with van der Waals surface area (Å²) in [4.78, 5) is 5.22. The normalized spacial score (nSPS) is 33.8. The molecule has 2 heterocycles. The number of hydrogen-bond acceptors (Lipinski definition) is 3. The first-order valence-electron chi connectivity index (χ1n) is 6.86. The van der Waals surface area contributed by atoms with Crippen LogP contribution in [0.4, 0.5) is 0 Å². The molecule has 0 amide bonds. The van der Waals surface area contributed by atoms with Crippen LogP contribution < -0.4 is 5.32 Å². The van der Waals surface area contributed by atoms with Crippen molar-refractivity contribution in [3.05, 3.63) is 0 Å². The minimum Gasteiger partial charge on any atom is -0.312 e. The van der Waals surface area contributed by atoms with Gasteiger partial charge in [0.25, 0.3) is 0 Å².